The zero-order chi connectivity index (χ0) is 21.1. The highest BCUT2D eigenvalue weighted by atomic mass is 35.5. The molecule has 0 saturated carbocycles. The number of aromatic nitrogens is 2. The Labute approximate surface area is 170 Å². The summed E-state index contributed by atoms with van der Waals surface area (Å²) in [4.78, 5) is 24.5. The van der Waals surface area contributed by atoms with Crippen LogP contribution in [0.25, 0.3) is 0 Å². The zero-order valence-corrected chi connectivity index (χ0v) is 16.5. The number of rotatable bonds is 6. The van der Waals surface area contributed by atoms with Gasteiger partial charge in [0.2, 0.25) is 0 Å². The van der Waals surface area contributed by atoms with Gasteiger partial charge in [-0.05, 0) is 37.3 Å². The smallest absolute Gasteiger partial charge is 0.358 e. The van der Waals surface area contributed by atoms with Gasteiger partial charge in [0.05, 0.1) is 23.5 Å². The van der Waals surface area contributed by atoms with Crippen molar-refractivity contribution in [3.05, 3.63) is 64.1 Å². The van der Waals surface area contributed by atoms with Crippen molar-refractivity contribution in [2.45, 2.75) is 13.5 Å². The summed E-state index contributed by atoms with van der Waals surface area (Å²) >= 11 is 5.91. The van der Waals surface area contributed by atoms with Crippen molar-refractivity contribution in [2.75, 3.05) is 12.4 Å². The Balaban J connectivity index is 1.71. The molecule has 3 rings (SSSR count). The first-order chi connectivity index (χ1) is 13.8. The highest BCUT2D eigenvalue weighted by Crippen LogP contribution is 2.26. The average molecular weight is 422 g/mol. The van der Waals surface area contributed by atoms with Gasteiger partial charge in [-0.2, -0.15) is 5.10 Å². The minimum absolute atomic E-state index is 0.00729. The van der Waals surface area contributed by atoms with E-state index in [1.165, 1.54) is 30.0 Å². The van der Waals surface area contributed by atoms with Gasteiger partial charge in [-0.15, -0.1) is 0 Å². The van der Waals surface area contributed by atoms with Crippen molar-refractivity contribution in [1.29, 1.82) is 0 Å². The van der Waals surface area contributed by atoms with Crippen molar-refractivity contribution < 1.29 is 27.9 Å². The number of carbonyl (C=O) groups is 2. The number of esters is 1. The van der Waals surface area contributed by atoms with E-state index in [1.54, 1.807) is 20.0 Å². The monoisotopic (exact) mass is 421 g/mol. The quantitative estimate of drug-likeness (QED) is 0.609. The van der Waals surface area contributed by atoms with E-state index in [2.05, 4.69) is 10.4 Å². The maximum Gasteiger partial charge on any atom is 0.358 e. The number of halogens is 2. The van der Waals surface area contributed by atoms with Crippen LogP contribution < -0.4 is 10.1 Å². The maximum absolute atomic E-state index is 13.1. The first kappa shape index (κ1) is 20.4. The molecule has 0 aliphatic carbocycles. The molecule has 0 saturated heterocycles. The molecule has 0 radical (unpaired) electrons. The van der Waals surface area contributed by atoms with E-state index in [4.69, 9.17) is 25.5 Å². The van der Waals surface area contributed by atoms with Crippen LogP contribution >= 0.6 is 11.6 Å². The van der Waals surface area contributed by atoms with Crippen molar-refractivity contribution in [3.63, 3.8) is 0 Å². The first-order valence-corrected chi connectivity index (χ1v) is 8.77. The van der Waals surface area contributed by atoms with Crippen LogP contribution in [-0.2, 0) is 18.4 Å². The molecule has 29 heavy (non-hydrogen) atoms. The molecule has 1 amide bonds. The highest BCUT2D eigenvalue weighted by Gasteiger charge is 2.24. The lowest BCUT2D eigenvalue weighted by atomic mass is 10.3. The molecule has 2 heterocycles. The summed E-state index contributed by atoms with van der Waals surface area (Å²) in [5, 5.41) is 6.86. The van der Waals surface area contributed by atoms with Gasteiger partial charge in [-0.25, -0.2) is 9.18 Å². The predicted octanol–water partition coefficient (Wildman–Crippen LogP) is 3.73. The second-order valence-electron chi connectivity index (χ2n) is 6.01. The number of anilines is 1. The molecule has 10 heteroatoms. The highest BCUT2D eigenvalue weighted by molar-refractivity contribution is 6.32. The largest absolute Gasteiger partial charge is 0.484 e. The molecule has 1 aromatic carbocycles. The number of nitrogens with zero attached hydrogens (tertiary/aromatic N) is 2. The summed E-state index contributed by atoms with van der Waals surface area (Å²) in [7, 11) is 2.81. The van der Waals surface area contributed by atoms with Crippen molar-refractivity contribution in [2.24, 2.45) is 7.05 Å². The Kier molecular flexibility index (Phi) is 5.88. The molecule has 1 N–H and O–H groups in total. The van der Waals surface area contributed by atoms with Gasteiger partial charge < -0.3 is 19.2 Å². The number of methoxy groups -OCH3 is 1. The Morgan fingerprint density at radius 2 is 2.07 bits per heavy atom. The van der Waals surface area contributed by atoms with Crippen LogP contribution in [-0.4, -0.2) is 28.8 Å². The molecule has 0 aliphatic rings. The summed E-state index contributed by atoms with van der Waals surface area (Å²) in [6.07, 6.45) is 0. The lowest BCUT2D eigenvalue weighted by Gasteiger charge is -2.07. The standard InChI is InChI=1S/C19H17ClFN3O5/c1-10-16(17(19(26)27-3)24(2)23-10)22-18(25)15-7-5-12(29-15)9-28-14-6-4-11(21)8-13(14)20/h4-8H,9H2,1-3H3,(H,22,25). The molecule has 0 unspecified atom stereocenters. The normalized spacial score (nSPS) is 10.7. The van der Waals surface area contributed by atoms with E-state index in [9.17, 15) is 14.0 Å². The average Bonchev–Trinajstić information content (AvgIpc) is 3.25. The number of nitrogens with one attached hydrogen (secondary N) is 1. The molecule has 0 atom stereocenters. The number of hydrogen-bond donors (Lipinski definition) is 1. The van der Waals surface area contributed by atoms with E-state index >= 15 is 0 Å². The summed E-state index contributed by atoms with van der Waals surface area (Å²) in [5.41, 5.74) is 0.790. The fourth-order valence-corrected chi connectivity index (χ4v) is 2.85. The summed E-state index contributed by atoms with van der Waals surface area (Å²) in [6.45, 7) is 1.63. The molecule has 0 fully saturated rings. The lowest BCUT2D eigenvalue weighted by molar-refractivity contribution is 0.0589. The maximum atomic E-state index is 13.1. The van der Waals surface area contributed by atoms with Crippen molar-refractivity contribution in [3.8, 4) is 5.75 Å². The molecule has 0 spiro atoms. The van der Waals surface area contributed by atoms with Gasteiger partial charge in [0.25, 0.3) is 5.91 Å². The van der Waals surface area contributed by atoms with Crippen LogP contribution in [0.2, 0.25) is 5.02 Å². The van der Waals surface area contributed by atoms with Crippen LogP contribution in [0.15, 0.2) is 34.7 Å². The topological polar surface area (TPSA) is 95.6 Å². The SMILES string of the molecule is COC(=O)c1c(NC(=O)c2ccc(COc3ccc(F)cc3Cl)o2)c(C)nn1C. The summed E-state index contributed by atoms with van der Waals surface area (Å²) < 4.78 is 30.1. The molecule has 152 valence electrons. The number of benzene rings is 1. The Morgan fingerprint density at radius 3 is 2.76 bits per heavy atom. The number of amides is 1. The summed E-state index contributed by atoms with van der Waals surface area (Å²) in [5.74, 6) is -1.04. The third-order valence-electron chi connectivity index (χ3n) is 3.99. The number of furan rings is 1. The lowest BCUT2D eigenvalue weighted by Crippen LogP contribution is -2.16. The molecular weight excluding hydrogens is 405 g/mol. The molecule has 3 aromatic rings. The minimum Gasteiger partial charge on any atom is -0.484 e. The van der Waals surface area contributed by atoms with Crippen LogP contribution in [0.4, 0.5) is 10.1 Å². The predicted molar refractivity (Wildman–Crippen MR) is 102 cm³/mol. The third kappa shape index (κ3) is 4.40. The molecule has 0 aliphatic heterocycles. The van der Waals surface area contributed by atoms with E-state index in [0.29, 0.717) is 11.5 Å². The Bertz CT molecular complexity index is 1080. The van der Waals surface area contributed by atoms with Crippen LogP contribution in [0.3, 0.4) is 0 Å². The fraction of sp³-hybridized carbons (Fsp3) is 0.211. The minimum atomic E-state index is -0.631. The molecular formula is C19H17ClFN3O5. The van der Waals surface area contributed by atoms with E-state index < -0.39 is 17.7 Å². The van der Waals surface area contributed by atoms with E-state index in [-0.39, 0.29) is 34.5 Å². The van der Waals surface area contributed by atoms with Gasteiger partial charge >= 0.3 is 5.97 Å². The Morgan fingerprint density at radius 1 is 1.31 bits per heavy atom. The van der Waals surface area contributed by atoms with Gasteiger partial charge in [-0.3, -0.25) is 9.48 Å². The van der Waals surface area contributed by atoms with Gasteiger partial charge in [-0.1, -0.05) is 11.6 Å². The van der Waals surface area contributed by atoms with Gasteiger partial charge in [0, 0.05) is 7.05 Å². The Hall–Kier alpha value is -3.33. The second-order valence-corrected chi connectivity index (χ2v) is 6.41. The van der Waals surface area contributed by atoms with Gasteiger partial charge in [0.15, 0.2) is 11.5 Å². The number of carbonyl (C=O) groups excluding carboxylic acids is 2. The number of aryl methyl sites for hydroxylation is 2. The number of hydrogen-bond acceptors (Lipinski definition) is 6. The fourth-order valence-electron chi connectivity index (χ4n) is 2.63. The molecule has 8 nitrogen and oxygen atoms in total. The van der Waals surface area contributed by atoms with E-state index in [0.717, 1.165) is 6.07 Å². The third-order valence-corrected chi connectivity index (χ3v) is 4.28. The van der Waals surface area contributed by atoms with Crippen LogP contribution in [0.1, 0.15) is 32.5 Å². The molecule has 0 bridgehead atoms. The second kappa shape index (κ2) is 8.36. The van der Waals surface area contributed by atoms with Crippen molar-refractivity contribution in [1.82, 2.24) is 9.78 Å². The zero-order valence-electron chi connectivity index (χ0n) is 15.8. The van der Waals surface area contributed by atoms with Crippen molar-refractivity contribution >= 4 is 29.2 Å². The van der Waals surface area contributed by atoms with Gasteiger partial charge in [0.1, 0.15) is 23.9 Å². The first-order valence-electron chi connectivity index (χ1n) is 8.40. The van der Waals surface area contributed by atoms with Crippen LogP contribution in [0.5, 0.6) is 5.75 Å². The number of ether oxygens (including phenoxy) is 2. The van der Waals surface area contributed by atoms with Crippen LogP contribution in [0, 0.1) is 12.7 Å². The summed E-state index contributed by atoms with van der Waals surface area (Å²) in [6, 6.07) is 6.77. The molecule has 2 aromatic heterocycles. The van der Waals surface area contributed by atoms with E-state index in [1.807, 2.05) is 0 Å².